The van der Waals surface area contributed by atoms with Gasteiger partial charge in [-0.25, -0.2) is 8.78 Å². The summed E-state index contributed by atoms with van der Waals surface area (Å²) in [5, 5.41) is 1.09. The van der Waals surface area contributed by atoms with Crippen LogP contribution in [0.4, 0.5) is 8.78 Å². The molecule has 0 radical (unpaired) electrons. The Bertz CT molecular complexity index is 785. The maximum absolute atomic E-state index is 13.2. The van der Waals surface area contributed by atoms with Crippen molar-refractivity contribution in [2.45, 2.75) is 13.2 Å². The zero-order valence-electron chi connectivity index (χ0n) is 11.1. The summed E-state index contributed by atoms with van der Waals surface area (Å²) in [5.74, 6) is -1.50. The van der Waals surface area contributed by atoms with Crippen molar-refractivity contribution in [1.29, 1.82) is 0 Å². The number of hydrogen-bond acceptors (Lipinski definition) is 3. The van der Waals surface area contributed by atoms with E-state index in [1.54, 1.807) is 11.3 Å². The molecule has 0 fully saturated rings. The lowest BCUT2D eigenvalue weighted by molar-refractivity contribution is 0.304. The van der Waals surface area contributed by atoms with Crippen molar-refractivity contribution in [2.24, 2.45) is 5.73 Å². The largest absolute Gasteiger partial charge is 0.489 e. The van der Waals surface area contributed by atoms with Gasteiger partial charge in [-0.3, -0.25) is 0 Å². The van der Waals surface area contributed by atoms with E-state index < -0.39 is 11.6 Å². The fourth-order valence-corrected chi connectivity index (χ4v) is 3.28. The van der Waals surface area contributed by atoms with Crippen LogP contribution in [0.1, 0.15) is 10.4 Å². The van der Waals surface area contributed by atoms with Gasteiger partial charge in [0.2, 0.25) is 0 Å². The summed E-state index contributed by atoms with van der Waals surface area (Å²) in [6, 6.07) is 11.5. The van der Waals surface area contributed by atoms with Crippen LogP contribution < -0.4 is 10.5 Å². The maximum Gasteiger partial charge on any atom is 0.162 e. The summed E-state index contributed by atoms with van der Waals surface area (Å²) in [6.07, 6.45) is 0. The standard InChI is InChI=1S/C16H13F2NOS/c17-13-6-5-10(7-14(13)18)20-9-12-11-3-1-2-4-15(11)21-16(12)8-19/h1-7H,8-9,19H2. The predicted molar refractivity (Wildman–Crippen MR) is 80.4 cm³/mol. The molecular formula is C16H13F2NOS. The van der Waals surface area contributed by atoms with Crippen LogP contribution in [0, 0.1) is 11.6 Å². The molecule has 2 nitrogen and oxygen atoms in total. The number of nitrogens with two attached hydrogens (primary N) is 1. The Morgan fingerprint density at radius 2 is 1.86 bits per heavy atom. The Morgan fingerprint density at radius 1 is 1.05 bits per heavy atom. The van der Waals surface area contributed by atoms with Gasteiger partial charge in [-0.15, -0.1) is 11.3 Å². The summed E-state index contributed by atoms with van der Waals surface area (Å²) in [6.45, 7) is 0.706. The Labute approximate surface area is 124 Å². The molecular weight excluding hydrogens is 292 g/mol. The Hall–Kier alpha value is -1.98. The number of fused-ring (bicyclic) bond motifs is 1. The molecule has 2 N–H and O–H groups in total. The molecule has 0 unspecified atom stereocenters. The lowest BCUT2D eigenvalue weighted by Crippen LogP contribution is -2.02. The molecule has 0 aliphatic rings. The van der Waals surface area contributed by atoms with Crippen LogP contribution in [0.25, 0.3) is 10.1 Å². The fraction of sp³-hybridized carbons (Fsp3) is 0.125. The lowest BCUT2D eigenvalue weighted by Gasteiger charge is -2.07. The first-order valence-electron chi connectivity index (χ1n) is 6.46. The van der Waals surface area contributed by atoms with Crippen molar-refractivity contribution < 1.29 is 13.5 Å². The zero-order valence-corrected chi connectivity index (χ0v) is 11.9. The monoisotopic (exact) mass is 305 g/mol. The highest BCUT2D eigenvalue weighted by molar-refractivity contribution is 7.19. The third kappa shape index (κ3) is 2.75. The number of ether oxygens (including phenoxy) is 1. The third-order valence-electron chi connectivity index (χ3n) is 3.24. The quantitative estimate of drug-likeness (QED) is 0.783. The van der Waals surface area contributed by atoms with Crippen LogP contribution in [0.5, 0.6) is 5.75 Å². The third-order valence-corrected chi connectivity index (χ3v) is 4.48. The fourth-order valence-electron chi connectivity index (χ4n) is 2.19. The van der Waals surface area contributed by atoms with E-state index >= 15 is 0 Å². The highest BCUT2D eigenvalue weighted by Crippen LogP contribution is 2.32. The molecule has 0 aliphatic heterocycles. The smallest absolute Gasteiger partial charge is 0.162 e. The van der Waals surface area contributed by atoms with Gasteiger partial charge in [0, 0.05) is 27.8 Å². The summed E-state index contributed by atoms with van der Waals surface area (Å²) in [5.41, 5.74) is 6.78. The molecule has 2 aromatic carbocycles. The minimum atomic E-state index is -0.915. The minimum Gasteiger partial charge on any atom is -0.489 e. The summed E-state index contributed by atoms with van der Waals surface area (Å²) in [7, 11) is 0. The summed E-state index contributed by atoms with van der Waals surface area (Å²) in [4.78, 5) is 1.04. The van der Waals surface area contributed by atoms with Gasteiger partial charge in [-0.2, -0.15) is 0 Å². The van der Waals surface area contributed by atoms with Gasteiger partial charge in [-0.05, 0) is 23.6 Å². The van der Waals surface area contributed by atoms with Crippen molar-refractivity contribution in [3.63, 3.8) is 0 Å². The van der Waals surface area contributed by atoms with E-state index in [0.717, 1.165) is 32.7 Å². The molecule has 0 bridgehead atoms. The van der Waals surface area contributed by atoms with Crippen molar-refractivity contribution in [3.8, 4) is 5.75 Å². The van der Waals surface area contributed by atoms with Crippen molar-refractivity contribution in [2.75, 3.05) is 0 Å². The van der Waals surface area contributed by atoms with Crippen LogP contribution >= 0.6 is 11.3 Å². The molecule has 0 saturated heterocycles. The predicted octanol–water partition coefficient (Wildman–Crippen LogP) is 4.22. The van der Waals surface area contributed by atoms with Crippen LogP contribution in [-0.2, 0) is 13.2 Å². The van der Waals surface area contributed by atoms with Crippen LogP contribution in [-0.4, -0.2) is 0 Å². The molecule has 0 spiro atoms. The zero-order chi connectivity index (χ0) is 14.8. The molecule has 0 saturated carbocycles. The number of thiophene rings is 1. The highest BCUT2D eigenvalue weighted by atomic mass is 32.1. The second kappa shape index (κ2) is 5.79. The molecule has 1 aromatic heterocycles. The van der Waals surface area contributed by atoms with E-state index in [1.165, 1.54) is 6.07 Å². The van der Waals surface area contributed by atoms with Crippen LogP contribution in [0.15, 0.2) is 42.5 Å². The van der Waals surface area contributed by atoms with Crippen LogP contribution in [0.3, 0.4) is 0 Å². The molecule has 1 heterocycles. The van der Waals surface area contributed by atoms with E-state index in [4.69, 9.17) is 10.5 Å². The molecule has 3 aromatic rings. The first kappa shape index (κ1) is 14.0. The second-order valence-electron chi connectivity index (χ2n) is 4.57. The van der Waals surface area contributed by atoms with Gasteiger partial charge >= 0.3 is 0 Å². The molecule has 108 valence electrons. The minimum absolute atomic E-state index is 0.279. The number of hydrogen-bond donors (Lipinski definition) is 1. The lowest BCUT2D eigenvalue weighted by atomic mass is 10.1. The van der Waals surface area contributed by atoms with Gasteiger partial charge in [0.15, 0.2) is 11.6 Å². The summed E-state index contributed by atoms with van der Waals surface area (Å²) < 4.78 is 32.8. The number of rotatable bonds is 4. The maximum atomic E-state index is 13.2. The topological polar surface area (TPSA) is 35.2 Å². The summed E-state index contributed by atoms with van der Waals surface area (Å²) >= 11 is 1.63. The molecule has 0 amide bonds. The highest BCUT2D eigenvalue weighted by Gasteiger charge is 2.12. The molecule has 5 heteroatoms. The second-order valence-corrected chi connectivity index (χ2v) is 5.71. The molecule has 0 atom stereocenters. The van der Waals surface area contributed by atoms with E-state index in [-0.39, 0.29) is 6.61 Å². The normalized spacial score (nSPS) is 11.0. The van der Waals surface area contributed by atoms with Crippen molar-refractivity contribution >= 4 is 21.4 Å². The Balaban J connectivity index is 1.89. The molecule has 3 rings (SSSR count). The van der Waals surface area contributed by atoms with Gasteiger partial charge in [0.1, 0.15) is 12.4 Å². The first-order chi connectivity index (χ1) is 10.2. The van der Waals surface area contributed by atoms with Gasteiger partial charge in [0.05, 0.1) is 0 Å². The van der Waals surface area contributed by atoms with E-state index in [9.17, 15) is 8.78 Å². The first-order valence-corrected chi connectivity index (χ1v) is 7.28. The van der Waals surface area contributed by atoms with Crippen LogP contribution in [0.2, 0.25) is 0 Å². The molecule has 21 heavy (non-hydrogen) atoms. The van der Waals surface area contributed by atoms with Gasteiger partial charge in [0.25, 0.3) is 0 Å². The SMILES string of the molecule is NCc1sc2ccccc2c1COc1ccc(F)c(F)c1. The van der Waals surface area contributed by atoms with E-state index in [0.29, 0.717) is 12.3 Å². The number of halogens is 2. The molecule has 0 aliphatic carbocycles. The average molecular weight is 305 g/mol. The van der Waals surface area contributed by atoms with Gasteiger partial charge in [-0.1, -0.05) is 18.2 Å². The Morgan fingerprint density at radius 3 is 2.62 bits per heavy atom. The van der Waals surface area contributed by atoms with Crippen molar-refractivity contribution in [3.05, 3.63) is 64.5 Å². The van der Waals surface area contributed by atoms with Gasteiger partial charge < -0.3 is 10.5 Å². The number of benzene rings is 2. The van der Waals surface area contributed by atoms with Crippen molar-refractivity contribution in [1.82, 2.24) is 0 Å². The average Bonchev–Trinajstić information content (AvgIpc) is 2.86. The Kier molecular flexibility index (Phi) is 3.86. The van der Waals surface area contributed by atoms with E-state index in [1.807, 2.05) is 24.3 Å². The van der Waals surface area contributed by atoms with E-state index in [2.05, 4.69) is 0 Å².